The SMILES string of the molecule is CCn1c(=NC(=O)c2cc(Cl)sc2Cl)sc2cccc(F)c21. The van der Waals surface area contributed by atoms with Crippen LogP contribution in [0.2, 0.25) is 8.67 Å². The Labute approximate surface area is 143 Å². The van der Waals surface area contributed by atoms with Crippen LogP contribution in [0, 0.1) is 5.82 Å². The average molecular weight is 375 g/mol. The number of hydrogen-bond acceptors (Lipinski definition) is 3. The van der Waals surface area contributed by atoms with Crippen molar-refractivity contribution >= 4 is 62.0 Å². The molecule has 114 valence electrons. The van der Waals surface area contributed by atoms with E-state index in [0.717, 1.165) is 16.0 Å². The van der Waals surface area contributed by atoms with Gasteiger partial charge in [0.25, 0.3) is 5.91 Å². The van der Waals surface area contributed by atoms with E-state index in [-0.39, 0.29) is 11.4 Å². The van der Waals surface area contributed by atoms with Gasteiger partial charge in [-0.15, -0.1) is 11.3 Å². The predicted molar refractivity (Wildman–Crippen MR) is 89.7 cm³/mol. The van der Waals surface area contributed by atoms with E-state index >= 15 is 0 Å². The highest BCUT2D eigenvalue weighted by molar-refractivity contribution is 7.20. The summed E-state index contributed by atoms with van der Waals surface area (Å²) in [7, 11) is 0. The van der Waals surface area contributed by atoms with Gasteiger partial charge in [-0.2, -0.15) is 4.99 Å². The highest BCUT2D eigenvalue weighted by Crippen LogP contribution is 2.31. The topological polar surface area (TPSA) is 34.4 Å². The molecule has 3 aromatic rings. The van der Waals surface area contributed by atoms with Crippen LogP contribution < -0.4 is 4.80 Å². The van der Waals surface area contributed by atoms with Crippen molar-refractivity contribution in [1.29, 1.82) is 0 Å². The van der Waals surface area contributed by atoms with Crippen molar-refractivity contribution in [3.05, 3.63) is 49.1 Å². The Balaban J connectivity index is 2.19. The second-order valence-corrected chi connectivity index (χ2v) is 7.66. The Bertz CT molecular complexity index is 942. The molecule has 0 aliphatic rings. The van der Waals surface area contributed by atoms with Crippen LogP contribution >= 0.6 is 45.9 Å². The molecule has 0 aliphatic heterocycles. The number of amides is 1. The summed E-state index contributed by atoms with van der Waals surface area (Å²) in [6, 6.07) is 6.31. The van der Waals surface area contributed by atoms with Crippen LogP contribution in [0.25, 0.3) is 10.2 Å². The highest BCUT2D eigenvalue weighted by atomic mass is 35.5. The molecule has 3 nitrogen and oxygen atoms in total. The third-order valence-corrected chi connectivity index (χ3v) is 5.58. The number of carbonyl (C=O) groups excluding carboxylic acids is 1. The predicted octanol–water partition coefficient (Wildman–Crippen LogP) is 4.97. The summed E-state index contributed by atoms with van der Waals surface area (Å²) in [5, 5.41) is 0. The van der Waals surface area contributed by atoms with Gasteiger partial charge in [-0.25, -0.2) is 4.39 Å². The average Bonchev–Trinajstić information content (AvgIpc) is 2.99. The van der Waals surface area contributed by atoms with Crippen LogP contribution in [0.4, 0.5) is 4.39 Å². The minimum absolute atomic E-state index is 0.261. The van der Waals surface area contributed by atoms with E-state index in [9.17, 15) is 9.18 Å². The van der Waals surface area contributed by atoms with Crippen LogP contribution in [0.5, 0.6) is 0 Å². The van der Waals surface area contributed by atoms with Gasteiger partial charge in [0.2, 0.25) is 0 Å². The summed E-state index contributed by atoms with van der Waals surface area (Å²) >= 11 is 14.2. The summed E-state index contributed by atoms with van der Waals surface area (Å²) in [6.45, 7) is 2.38. The Morgan fingerprint density at radius 1 is 1.36 bits per heavy atom. The largest absolute Gasteiger partial charge is 0.314 e. The standard InChI is InChI=1S/C14H9Cl2FN2OS2/c1-2-19-11-8(17)4-3-5-9(11)21-14(19)18-13(20)7-6-10(15)22-12(7)16/h3-6H,2H2,1H3. The summed E-state index contributed by atoms with van der Waals surface area (Å²) in [6.07, 6.45) is 0. The molecule has 2 aromatic heterocycles. The van der Waals surface area contributed by atoms with Crippen molar-refractivity contribution in [3.63, 3.8) is 0 Å². The smallest absolute Gasteiger partial charge is 0.282 e. The maximum absolute atomic E-state index is 14.0. The molecular formula is C14H9Cl2FN2OS2. The Morgan fingerprint density at radius 3 is 2.77 bits per heavy atom. The molecule has 2 heterocycles. The summed E-state index contributed by atoms with van der Waals surface area (Å²) in [4.78, 5) is 16.8. The van der Waals surface area contributed by atoms with Crippen molar-refractivity contribution in [3.8, 4) is 0 Å². The number of thiophene rings is 1. The summed E-state index contributed by atoms with van der Waals surface area (Å²) in [5.41, 5.74) is 0.716. The Kier molecular flexibility index (Phi) is 4.36. The number of benzene rings is 1. The first kappa shape index (κ1) is 15.7. The zero-order valence-electron chi connectivity index (χ0n) is 11.3. The molecule has 0 radical (unpaired) electrons. The molecule has 1 amide bonds. The van der Waals surface area contributed by atoms with E-state index < -0.39 is 5.91 Å². The first-order valence-electron chi connectivity index (χ1n) is 6.33. The number of carbonyl (C=O) groups is 1. The lowest BCUT2D eigenvalue weighted by atomic mass is 10.3. The number of rotatable bonds is 2. The van der Waals surface area contributed by atoms with Gasteiger partial charge in [0, 0.05) is 6.54 Å². The lowest BCUT2D eigenvalue weighted by Gasteiger charge is -2.00. The number of aromatic nitrogens is 1. The van der Waals surface area contributed by atoms with Crippen molar-refractivity contribution in [2.75, 3.05) is 0 Å². The van der Waals surface area contributed by atoms with E-state index in [1.807, 2.05) is 6.92 Å². The number of aryl methyl sites for hydroxylation is 1. The van der Waals surface area contributed by atoms with Crippen molar-refractivity contribution in [2.24, 2.45) is 4.99 Å². The number of nitrogens with zero attached hydrogens (tertiary/aromatic N) is 2. The minimum Gasteiger partial charge on any atom is -0.314 e. The maximum Gasteiger partial charge on any atom is 0.282 e. The van der Waals surface area contributed by atoms with Gasteiger partial charge in [0.15, 0.2) is 4.80 Å². The second kappa shape index (κ2) is 6.12. The van der Waals surface area contributed by atoms with Crippen LogP contribution in [0.15, 0.2) is 29.3 Å². The van der Waals surface area contributed by atoms with Crippen LogP contribution in [0.1, 0.15) is 17.3 Å². The zero-order chi connectivity index (χ0) is 15.9. The molecule has 1 aromatic carbocycles. The molecule has 22 heavy (non-hydrogen) atoms. The van der Waals surface area contributed by atoms with Gasteiger partial charge in [-0.05, 0) is 25.1 Å². The number of thiazole rings is 1. The molecule has 0 spiro atoms. The quantitative estimate of drug-likeness (QED) is 0.623. The van der Waals surface area contributed by atoms with Gasteiger partial charge in [-0.3, -0.25) is 4.79 Å². The van der Waals surface area contributed by atoms with Crippen LogP contribution in [-0.2, 0) is 6.54 Å². The monoisotopic (exact) mass is 374 g/mol. The number of para-hydroxylation sites is 1. The Morgan fingerprint density at radius 2 is 2.14 bits per heavy atom. The molecule has 0 bridgehead atoms. The van der Waals surface area contributed by atoms with E-state index in [4.69, 9.17) is 23.2 Å². The summed E-state index contributed by atoms with van der Waals surface area (Å²) in [5.74, 6) is -0.816. The normalized spacial score (nSPS) is 12.3. The summed E-state index contributed by atoms with van der Waals surface area (Å²) < 4.78 is 17.1. The third kappa shape index (κ3) is 2.72. The number of hydrogen-bond donors (Lipinski definition) is 0. The molecule has 0 N–H and O–H groups in total. The maximum atomic E-state index is 14.0. The lowest BCUT2D eigenvalue weighted by molar-refractivity contribution is 0.0998. The van der Waals surface area contributed by atoms with Crippen LogP contribution in [-0.4, -0.2) is 10.5 Å². The molecule has 0 aliphatic carbocycles. The highest BCUT2D eigenvalue weighted by Gasteiger charge is 2.15. The molecular weight excluding hydrogens is 366 g/mol. The van der Waals surface area contributed by atoms with Gasteiger partial charge >= 0.3 is 0 Å². The van der Waals surface area contributed by atoms with Crippen LogP contribution in [0.3, 0.4) is 0 Å². The Hall–Kier alpha value is -1.21. The zero-order valence-corrected chi connectivity index (χ0v) is 14.4. The number of fused-ring (bicyclic) bond motifs is 1. The fraction of sp³-hybridized carbons (Fsp3) is 0.143. The molecule has 0 saturated heterocycles. The molecule has 3 rings (SSSR count). The minimum atomic E-state index is -0.484. The van der Waals surface area contributed by atoms with Gasteiger partial charge in [0.05, 0.1) is 20.1 Å². The van der Waals surface area contributed by atoms with E-state index in [2.05, 4.69) is 4.99 Å². The fourth-order valence-corrected chi connectivity index (χ4v) is 4.65. The second-order valence-electron chi connectivity index (χ2n) is 4.37. The van der Waals surface area contributed by atoms with E-state index in [0.29, 0.717) is 25.5 Å². The van der Waals surface area contributed by atoms with E-state index in [1.54, 1.807) is 16.7 Å². The molecule has 0 fully saturated rings. The number of halogens is 3. The molecule has 0 unspecified atom stereocenters. The van der Waals surface area contributed by atoms with Crippen molar-refractivity contribution in [1.82, 2.24) is 4.57 Å². The molecule has 0 saturated carbocycles. The first-order chi connectivity index (χ1) is 10.5. The molecule has 0 atom stereocenters. The fourth-order valence-electron chi connectivity index (χ4n) is 2.10. The van der Waals surface area contributed by atoms with Gasteiger partial charge < -0.3 is 4.57 Å². The molecule has 8 heteroatoms. The first-order valence-corrected chi connectivity index (χ1v) is 8.72. The van der Waals surface area contributed by atoms with Crippen molar-refractivity contribution in [2.45, 2.75) is 13.5 Å². The van der Waals surface area contributed by atoms with Crippen molar-refractivity contribution < 1.29 is 9.18 Å². The van der Waals surface area contributed by atoms with Gasteiger partial charge in [0.1, 0.15) is 10.2 Å². The van der Waals surface area contributed by atoms with Gasteiger partial charge in [-0.1, -0.05) is 40.6 Å². The lowest BCUT2D eigenvalue weighted by Crippen LogP contribution is -2.16. The van der Waals surface area contributed by atoms with E-state index in [1.165, 1.54) is 23.5 Å². The third-order valence-electron chi connectivity index (χ3n) is 3.05.